The summed E-state index contributed by atoms with van der Waals surface area (Å²) >= 11 is 0. The quantitative estimate of drug-likeness (QED) is 0.540. The molecule has 8 nitrogen and oxygen atoms in total. The van der Waals surface area contributed by atoms with Crippen molar-refractivity contribution >= 4 is 5.91 Å². The Balaban J connectivity index is 1.54. The second-order valence-corrected chi connectivity index (χ2v) is 7.24. The van der Waals surface area contributed by atoms with E-state index in [1.807, 2.05) is 81.5 Å². The van der Waals surface area contributed by atoms with Crippen LogP contribution in [0.1, 0.15) is 21.7 Å². The highest BCUT2D eigenvalue weighted by Gasteiger charge is 2.30. The van der Waals surface area contributed by atoms with Crippen LogP contribution in [0.5, 0.6) is 0 Å². The van der Waals surface area contributed by atoms with Gasteiger partial charge in [0.15, 0.2) is 5.82 Å². The van der Waals surface area contributed by atoms with Gasteiger partial charge < -0.3 is 9.47 Å². The van der Waals surface area contributed by atoms with Crippen molar-refractivity contribution < 1.29 is 4.79 Å². The van der Waals surface area contributed by atoms with E-state index >= 15 is 0 Å². The number of fused-ring (bicyclic) bond motifs is 1. The van der Waals surface area contributed by atoms with Crippen LogP contribution < -0.4 is 0 Å². The summed E-state index contributed by atoms with van der Waals surface area (Å²) in [4.78, 5) is 14.9. The highest BCUT2D eigenvalue weighted by atomic mass is 16.2. The van der Waals surface area contributed by atoms with E-state index in [1.54, 1.807) is 6.33 Å². The first-order valence-electron chi connectivity index (χ1n) is 9.54. The lowest BCUT2D eigenvalue weighted by molar-refractivity contribution is 0.0724. The summed E-state index contributed by atoms with van der Waals surface area (Å²) in [6.07, 6.45) is 4.34. The number of hydrogen-bond donors (Lipinski definition) is 0. The van der Waals surface area contributed by atoms with Crippen LogP contribution >= 0.6 is 0 Å². The van der Waals surface area contributed by atoms with Crippen molar-refractivity contribution in [3.63, 3.8) is 0 Å². The average Bonchev–Trinajstić information content (AvgIpc) is 3.47. The normalized spacial score (nSPS) is 13.5. The molecule has 3 aromatic heterocycles. The van der Waals surface area contributed by atoms with Gasteiger partial charge in [-0.15, -0.1) is 10.2 Å². The number of nitrogens with zero attached hydrogens (tertiary/aromatic N) is 7. The fourth-order valence-corrected chi connectivity index (χ4v) is 3.96. The van der Waals surface area contributed by atoms with Crippen LogP contribution in [0.25, 0.3) is 17.2 Å². The lowest BCUT2D eigenvalue weighted by atomic mass is 10.0. The molecule has 4 aromatic rings. The molecule has 1 aliphatic heterocycles. The lowest BCUT2D eigenvalue weighted by Gasteiger charge is -2.27. The first kappa shape index (κ1) is 17.4. The molecule has 0 bridgehead atoms. The first-order valence-corrected chi connectivity index (χ1v) is 9.54. The highest BCUT2D eigenvalue weighted by Crippen LogP contribution is 2.30. The zero-order chi connectivity index (χ0) is 20.0. The fourth-order valence-electron chi connectivity index (χ4n) is 3.96. The highest BCUT2D eigenvalue weighted by molar-refractivity contribution is 5.93. The van der Waals surface area contributed by atoms with Gasteiger partial charge in [-0.05, 0) is 24.3 Å². The maximum absolute atomic E-state index is 13.0. The summed E-state index contributed by atoms with van der Waals surface area (Å²) in [5.41, 5.74) is 4.60. The smallest absolute Gasteiger partial charge is 0.270 e. The van der Waals surface area contributed by atoms with Crippen molar-refractivity contribution in [2.24, 2.45) is 14.1 Å². The molecule has 0 unspecified atom stereocenters. The molecule has 0 aliphatic carbocycles. The summed E-state index contributed by atoms with van der Waals surface area (Å²) in [6, 6.07) is 13.7. The lowest BCUT2D eigenvalue weighted by Crippen LogP contribution is -2.37. The number of carbonyl (C=O) groups is 1. The molecule has 1 aromatic carbocycles. The standard InChI is InChI=1S/C21H21N7O/c1-25-11-6-9-18(25)21(29)27-12-10-17-16(13-27)19(24-26(17)2)20-23-22-14-28(20)15-7-4-3-5-8-15/h3-9,11,14H,10,12-13H2,1-2H3. The van der Waals surface area contributed by atoms with E-state index in [0.29, 0.717) is 24.6 Å². The van der Waals surface area contributed by atoms with Crippen LogP contribution in [-0.2, 0) is 27.1 Å². The predicted octanol–water partition coefficient (Wildman–Crippen LogP) is 2.20. The minimum absolute atomic E-state index is 0.0301. The van der Waals surface area contributed by atoms with Crippen molar-refractivity contribution in [3.8, 4) is 17.2 Å². The molecule has 29 heavy (non-hydrogen) atoms. The van der Waals surface area contributed by atoms with Crippen LogP contribution in [0, 0.1) is 0 Å². The van der Waals surface area contributed by atoms with Crippen LogP contribution in [0.2, 0.25) is 0 Å². The van der Waals surface area contributed by atoms with Gasteiger partial charge in [0, 0.05) is 50.2 Å². The Kier molecular flexibility index (Phi) is 4.04. The third-order valence-corrected chi connectivity index (χ3v) is 5.49. The Bertz CT molecular complexity index is 1190. The molecule has 8 heteroatoms. The third kappa shape index (κ3) is 2.84. The van der Waals surface area contributed by atoms with Gasteiger partial charge in [0.2, 0.25) is 0 Å². The molecule has 0 spiro atoms. The van der Waals surface area contributed by atoms with Crippen molar-refractivity contribution in [1.29, 1.82) is 0 Å². The van der Waals surface area contributed by atoms with Gasteiger partial charge in [-0.2, -0.15) is 5.10 Å². The monoisotopic (exact) mass is 387 g/mol. The number of para-hydroxylation sites is 1. The maximum atomic E-state index is 13.0. The van der Waals surface area contributed by atoms with Gasteiger partial charge in [-0.1, -0.05) is 18.2 Å². The van der Waals surface area contributed by atoms with Gasteiger partial charge in [-0.3, -0.25) is 14.0 Å². The molecule has 146 valence electrons. The Hall–Kier alpha value is -3.68. The van der Waals surface area contributed by atoms with E-state index in [-0.39, 0.29) is 5.91 Å². The Morgan fingerprint density at radius 3 is 2.66 bits per heavy atom. The molecular formula is C21H21N7O. The van der Waals surface area contributed by atoms with E-state index in [9.17, 15) is 4.79 Å². The Morgan fingerprint density at radius 2 is 1.90 bits per heavy atom. The van der Waals surface area contributed by atoms with E-state index < -0.39 is 0 Å². The molecule has 0 fully saturated rings. The molecule has 5 rings (SSSR count). The molecule has 1 aliphatic rings. The van der Waals surface area contributed by atoms with Gasteiger partial charge in [0.25, 0.3) is 5.91 Å². The average molecular weight is 387 g/mol. The van der Waals surface area contributed by atoms with Crippen molar-refractivity contribution in [2.75, 3.05) is 6.54 Å². The van der Waals surface area contributed by atoms with Gasteiger partial charge in [-0.25, -0.2) is 0 Å². The molecule has 0 saturated heterocycles. The third-order valence-electron chi connectivity index (χ3n) is 5.49. The van der Waals surface area contributed by atoms with E-state index in [2.05, 4.69) is 10.2 Å². The summed E-state index contributed by atoms with van der Waals surface area (Å²) in [5.74, 6) is 0.712. The Morgan fingerprint density at radius 1 is 1.07 bits per heavy atom. The molecule has 4 heterocycles. The fraction of sp³-hybridized carbons (Fsp3) is 0.238. The Labute approximate surface area is 168 Å². The van der Waals surface area contributed by atoms with E-state index in [1.165, 1.54) is 0 Å². The topological polar surface area (TPSA) is 73.8 Å². The number of amides is 1. The van der Waals surface area contributed by atoms with Crippen LogP contribution in [0.4, 0.5) is 0 Å². The predicted molar refractivity (Wildman–Crippen MR) is 107 cm³/mol. The molecule has 1 amide bonds. The molecule has 0 atom stereocenters. The molecule has 0 saturated carbocycles. The number of aryl methyl sites for hydroxylation is 2. The molecule has 0 radical (unpaired) electrons. The number of aromatic nitrogens is 6. The number of carbonyl (C=O) groups excluding carboxylic acids is 1. The zero-order valence-electron chi connectivity index (χ0n) is 16.4. The van der Waals surface area contributed by atoms with Crippen molar-refractivity contribution in [2.45, 2.75) is 13.0 Å². The summed E-state index contributed by atoms with van der Waals surface area (Å²) < 4.78 is 5.69. The summed E-state index contributed by atoms with van der Waals surface area (Å²) in [7, 11) is 3.83. The van der Waals surface area contributed by atoms with E-state index in [4.69, 9.17) is 5.10 Å². The summed E-state index contributed by atoms with van der Waals surface area (Å²) in [6.45, 7) is 1.17. The van der Waals surface area contributed by atoms with Crippen molar-refractivity contribution in [3.05, 3.63) is 71.9 Å². The number of benzene rings is 1. The van der Waals surface area contributed by atoms with Gasteiger partial charge >= 0.3 is 0 Å². The second-order valence-electron chi connectivity index (χ2n) is 7.24. The minimum Gasteiger partial charge on any atom is -0.347 e. The van der Waals surface area contributed by atoms with Crippen LogP contribution in [-0.4, -0.2) is 46.5 Å². The van der Waals surface area contributed by atoms with E-state index in [0.717, 1.165) is 29.1 Å². The largest absolute Gasteiger partial charge is 0.347 e. The minimum atomic E-state index is 0.0301. The van der Waals surface area contributed by atoms with Gasteiger partial charge in [0.05, 0.1) is 6.54 Å². The number of hydrogen-bond acceptors (Lipinski definition) is 4. The summed E-state index contributed by atoms with van der Waals surface area (Å²) in [5, 5.41) is 13.2. The first-order chi connectivity index (χ1) is 14.1. The number of rotatable bonds is 3. The molecule has 0 N–H and O–H groups in total. The SMILES string of the molecule is Cn1cccc1C(=O)N1CCc2c(c(-c3nncn3-c3ccccc3)nn2C)C1. The van der Waals surface area contributed by atoms with Crippen LogP contribution in [0.15, 0.2) is 55.0 Å². The van der Waals surface area contributed by atoms with Gasteiger partial charge in [0.1, 0.15) is 17.7 Å². The zero-order valence-corrected chi connectivity index (χ0v) is 16.4. The van der Waals surface area contributed by atoms with Crippen LogP contribution in [0.3, 0.4) is 0 Å². The molecular weight excluding hydrogens is 366 g/mol. The maximum Gasteiger partial charge on any atom is 0.270 e. The van der Waals surface area contributed by atoms with Crippen molar-refractivity contribution in [1.82, 2.24) is 34.0 Å². The second kappa shape index (κ2) is 6.73.